The van der Waals surface area contributed by atoms with Crippen LogP contribution in [0.1, 0.15) is 36.5 Å². The van der Waals surface area contributed by atoms with E-state index in [0.29, 0.717) is 0 Å². The maximum absolute atomic E-state index is 12.3. The number of hydrogen-bond acceptors (Lipinski definition) is 4. The monoisotopic (exact) mass is 364 g/mol. The number of hydrogen-bond donors (Lipinski definition) is 2. The maximum atomic E-state index is 12.3. The van der Waals surface area contributed by atoms with Gasteiger partial charge in [0.1, 0.15) is 0 Å². The molecule has 1 aliphatic heterocycles. The molecular weight excluding hydrogens is 336 g/mol. The van der Waals surface area contributed by atoms with E-state index < -0.39 is 0 Å². The van der Waals surface area contributed by atoms with Crippen molar-refractivity contribution < 1.29 is 4.79 Å². The van der Waals surface area contributed by atoms with Gasteiger partial charge in [-0.25, -0.2) is 0 Å². The highest BCUT2D eigenvalue weighted by molar-refractivity contribution is 5.94. The van der Waals surface area contributed by atoms with Crippen LogP contribution < -0.4 is 10.7 Å². The lowest BCUT2D eigenvalue weighted by Crippen LogP contribution is -2.45. The van der Waals surface area contributed by atoms with E-state index in [1.54, 1.807) is 0 Å². The predicted octanol–water partition coefficient (Wildman–Crippen LogP) is 3.76. The minimum Gasteiger partial charge on any atom is -0.349 e. The number of anilines is 1. The van der Waals surface area contributed by atoms with Gasteiger partial charge in [0.15, 0.2) is 0 Å². The highest BCUT2D eigenvalue weighted by atomic mass is 16.1. The van der Waals surface area contributed by atoms with Crippen molar-refractivity contribution >= 4 is 17.3 Å². The van der Waals surface area contributed by atoms with Gasteiger partial charge in [-0.2, -0.15) is 5.10 Å². The number of para-hydroxylation sites is 1. The zero-order valence-corrected chi connectivity index (χ0v) is 15.9. The van der Waals surface area contributed by atoms with Crippen molar-refractivity contribution in [3.05, 3.63) is 66.2 Å². The van der Waals surface area contributed by atoms with Crippen LogP contribution in [0.5, 0.6) is 0 Å². The summed E-state index contributed by atoms with van der Waals surface area (Å²) in [6.07, 6.45) is 2.94. The van der Waals surface area contributed by atoms with Crippen molar-refractivity contribution in [2.75, 3.05) is 25.1 Å². The molecule has 0 unspecified atom stereocenters. The Morgan fingerprint density at radius 3 is 2.33 bits per heavy atom. The third-order valence-electron chi connectivity index (χ3n) is 4.90. The summed E-state index contributed by atoms with van der Waals surface area (Å²) < 4.78 is 0. The first-order chi connectivity index (χ1) is 13.2. The predicted molar refractivity (Wildman–Crippen MR) is 111 cm³/mol. The van der Waals surface area contributed by atoms with Gasteiger partial charge in [-0.1, -0.05) is 36.4 Å². The summed E-state index contributed by atoms with van der Waals surface area (Å²) >= 11 is 0. The fourth-order valence-corrected chi connectivity index (χ4v) is 3.21. The van der Waals surface area contributed by atoms with Gasteiger partial charge in [-0.05, 0) is 50.5 Å². The number of amides is 1. The molecule has 5 heteroatoms. The summed E-state index contributed by atoms with van der Waals surface area (Å²) in [7, 11) is 0. The summed E-state index contributed by atoms with van der Waals surface area (Å²) in [6, 6.07) is 19.7. The van der Waals surface area contributed by atoms with E-state index in [9.17, 15) is 4.79 Å². The van der Waals surface area contributed by atoms with Crippen LogP contribution in [0.15, 0.2) is 65.8 Å². The topological polar surface area (TPSA) is 56.7 Å². The smallest absolute Gasteiger partial charge is 0.251 e. The van der Waals surface area contributed by atoms with Crippen molar-refractivity contribution in [1.29, 1.82) is 0 Å². The molecule has 0 spiro atoms. The molecule has 5 nitrogen and oxygen atoms in total. The average molecular weight is 364 g/mol. The van der Waals surface area contributed by atoms with E-state index in [0.717, 1.165) is 55.9 Å². The van der Waals surface area contributed by atoms with Gasteiger partial charge in [-0.15, -0.1) is 0 Å². The Bertz CT molecular complexity index is 737. The first-order valence-corrected chi connectivity index (χ1v) is 9.63. The molecule has 0 aromatic heterocycles. The summed E-state index contributed by atoms with van der Waals surface area (Å²) in [5, 5.41) is 7.61. The van der Waals surface area contributed by atoms with Gasteiger partial charge in [0.05, 0.1) is 5.69 Å². The van der Waals surface area contributed by atoms with E-state index in [-0.39, 0.29) is 11.9 Å². The normalized spacial score (nSPS) is 16.1. The van der Waals surface area contributed by atoms with E-state index >= 15 is 0 Å². The SMILES string of the molecule is CC(CCN1CCC(NC(=O)c2ccccc2)CC1)=NNc1ccccc1. The van der Waals surface area contributed by atoms with E-state index in [4.69, 9.17) is 0 Å². The van der Waals surface area contributed by atoms with Gasteiger partial charge in [0.2, 0.25) is 0 Å². The zero-order chi connectivity index (χ0) is 18.9. The maximum Gasteiger partial charge on any atom is 0.251 e. The van der Waals surface area contributed by atoms with Gasteiger partial charge >= 0.3 is 0 Å². The first kappa shape index (κ1) is 19.1. The van der Waals surface area contributed by atoms with Crippen molar-refractivity contribution in [2.45, 2.75) is 32.2 Å². The third-order valence-corrected chi connectivity index (χ3v) is 4.90. The second-order valence-electron chi connectivity index (χ2n) is 7.03. The number of carbonyl (C=O) groups excluding carboxylic acids is 1. The Balaban J connectivity index is 1.36. The third kappa shape index (κ3) is 6.22. The van der Waals surface area contributed by atoms with Crippen LogP contribution in [0, 0.1) is 0 Å². The van der Waals surface area contributed by atoms with Crippen molar-refractivity contribution in [3.8, 4) is 0 Å². The molecule has 1 aliphatic rings. The molecule has 2 aromatic carbocycles. The lowest BCUT2D eigenvalue weighted by atomic mass is 10.0. The van der Waals surface area contributed by atoms with Crippen molar-refractivity contribution in [3.63, 3.8) is 0 Å². The molecule has 2 N–H and O–H groups in total. The Morgan fingerprint density at radius 2 is 1.67 bits per heavy atom. The average Bonchev–Trinajstić information content (AvgIpc) is 2.73. The number of hydrazone groups is 1. The molecule has 1 heterocycles. The molecule has 1 amide bonds. The summed E-state index contributed by atoms with van der Waals surface area (Å²) in [5.74, 6) is 0.0315. The molecule has 27 heavy (non-hydrogen) atoms. The summed E-state index contributed by atoms with van der Waals surface area (Å²) in [6.45, 7) is 5.09. The second kappa shape index (κ2) is 9.88. The minimum atomic E-state index is 0.0315. The molecule has 0 aliphatic carbocycles. The van der Waals surface area contributed by atoms with Crippen molar-refractivity contribution in [1.82, 2.24) is 10.2 Å². The molecule has 142 valence electrons. The van der Waals surface area contributed by atoms with E-state index in [1.807, 2.05) is 60.7 Å². The summed E-state index contributed by atoms with van der Waals surface area (Å²) in [4.78, 5) is 14.7. The Labute approximate surface area is 161 Å². The van der Waals surface area contributed by atoms with Crippen molar-refractivity contribution in [2.24, 2.45) is 5.10 Å². The quantitative estimate of drug-likeness (QED) is 0.581. The molecule has 0 atom stereocenters. The fraction of sp³-hybridized carbons (Fsp3) is 0.364. The van der Waals surface area contributed by atoms with Crippen LogP contribution in [0.4, 0.5) is 5.69 Å². The number of nitrogens with zero attached hydrogens (tertiary/aromatic N) is 2. The number of piperidine rings is 1. The largest absolute Gasteiger partial charge is 0.349 e. The molecule has 1 fully saturated rings. The van der Waals surface area contributed by atoms with Crippen LogP contribution >= 0.6 is 0 Å². The molecule has 0 radical (unpaired) electrons. The Kier molecular flexibility index (Phi) is 6.99. The van der Waals surface area contributed by atoms with Crippen LogP contribution in [0.3, 0.4) is 0 Å². The molecule has 0 saturated carbocycles. The molecule has 0 bridgehead atoms. The van der Waals surface area contributed by atoms with E-state index in [1.165, 1.54) is 0 Å². The second-order valence-corrected chi connectivity index (χ2v) is 7.03. The van der Waals surface area contributed by atoms with Crippen LogP contribution in [0.2, 0.25) is 0 Å². The lowest BCUT2D eigenvalue weighted by Gasteiger charge is -2.32. The molecule has 1 saturated heterocycles. The van der Waals surface area contributed by atoms with Crippen LogP contribution in [-0.4, -0.2) is 42.2 Å². The van der Waals surface area contributed by atoms with Crippen LogP contribution in [0.25, 0.3) is 0 Å². The minimum absolute atomic E-state index is 0.0315. The Morgan fingerprint density at radius 1 is 1.04 bits per heavy atom. The summed E-state index contributed by atoms with van der Waals surface area (Å²) in [5.41, 5.74) is 5.93. The first-order valence-electron chi connectivity index (χ1n) is 9.63. The highest BCUT2D eigenvalue weighted by Crippen LogP contribution is 2.12. The molecular formula is C22H28N4O. The number of benzene rings is 2. The number of likely N-dealkylation sites (tertiary alicyclic amines) is 1. The van der Waals surface area contributed by atoms with E-state index in [2.05, 4.69) is 27.7 Å². The fourth-order valence-electron chi connectivity index (χ4n) is 3.21. The standard InChI is InChI=1S/C22H28N4O/c1-18(24-25-21-10-6-3-7-11-21)12-15-26-16-13-20(14-17-26)23-22(27)19-8-4-2-5-9-19/h2-11,20,25H,12-17H2,1H3,(H,23,27). The number of nitrogens with one attached hydrogen (secondary N) is 2. The zero-order valence-electron chi connectivity index (χ0n) is 15.9. The van der Waals surface area contributed by atoms with Gasteiger partial charge < -0.3 is 10.2 Å². The van der Waals surface area contributed by atoms with Gasteiger partial charge in [0.25, 0.3) is 5.91 Å². The van der Waals surface area contributed by atoms with Gasteiger partial charge in [-0.3, -0.25) is 10.2 Å². The number of carbonyl (C=O) groups is 1. The van der Waals surface area contributed by atoms with Crippen LogP contribution in [-0.2, 0) is 0 Å². The molecule has 3 rings (SSSR count). The highest BCUT2D eigenvalue weighted by Gasteiger charge is 2.20. The lowest BCUT2D eigenvalue weighted by molar-refractivity contribution is 0.0912. The molecule has 2 aromatic rings. The number of rotatable bonds is 7. The Hall–Kier alpha value is -2.66. The van der Waals surface area contributed by atoms with Gasteiger partial charge in [0, 0.05) is 37.0 Å².